The first kappa shape index (κ1) is 11.4. The number of nitrogens with one attached hydrogen (secondary N) is 1. The van der Waals surface area contributed by atoms with Gasteiger partial charge in [0.25, 0.3) is 0 Å². The van der Waals surface area contributed by atoms with Crippen molar-refractivity contribution in [3.8, 4) is 11.5 Å². The van der Waals surface area contributed by atoms with Gasteiger partial charge < -0.3 is 10.2 Å². The molecule has 2 rings (SSSR count). The summed E-state index contributed by atoms with van der Waals surface area (Å²) in [4.78, 5) is 4.18. The summed E-state index contributed by atoms with van der Waals surface area (Å²) in [6, 6.07) is 4.48. The second-order valence-electron chi connectivity index (χ2n) is 3.41. The zero-order chi connectivity index (χ0) is 12.3. The lowest BCUT2D eigenvalue weighted by Gasteiger charge is -1.98. The van der Waals surface area contributed by atoms with Crippen LogP contribution >= 0.6 is 11.3 Å². The Hall–Kier alpha value is -2.08. The van der Waals surface area contributed by atoms with Gasteiger partial charge >= 0.3 is 0 Å². The van der Waals surface area contributed by atoms with E-state index in [1.54, 1.807) is 6.07 Å². The van der Waals surface area contributed by atoms with Gasteiger partial charge in [-0.05, 0) is 30.7 Å². The Morgan fingerprint density at radius 3 is 2.82 bits per heavy atom. The second kappa shape index (κ2) is 4.84. The number of phenols is 2. The highest BCUT2D eigenvalue weighted by Crippen LogP contribution is 2.24. The summed E-state index contributed by atoms with van der Waals surface area (Å²) < 4.78 is 0. The average molecular weight is 249 g/mol. The first-order valence-electron chi connectivity index (χ1n) is 4.88. The van der Waals surface area contributed by atoms with E-state index in [9.17, 15) is 5.11 Å². The number of nitrogens with zero attached hydrogens (tertiary/aromatic N) is 2. The maximum absolute atomic E-state index is 9.28. The quantitative estimate of drug-likeness (QED) is 0.443. The zero-order valence-electron chi connectivity index (χ0n) is 9.08. The number of hydrogen-bond acceptors (Lipinski definition) is 6. The number of thiazole rings is 1. The van der Waals surface area contributed by atoms with E-state index in [1.807, 2.05) is 12.3 Å². The average Bonchev–Trinajstić information content (AvgIpc) is 2.70. The van der Waals surface area contributed by atoms with Gasteiger partial charge in [-0.2, -0.15) is 5.10 Å². The largest absolute Gasteiger partial charge is 0.504 e. The third-order valence-corrected chi connectivity index (χ3v) is 2.86. The van der Waals surface area contributed by atoms with E-state index < -0.39 is 0 Å². The number of aryl methyl sites for hydroxylation is 1. The normalized spacial score (nSPS) is 10.9. The van der Waals surface area contributed by atoms with Gasteiger partial charge in [-0.25, -0.2) is 4.98 Å². The monoisotopic (exact) mass is 249 g/mol. The van der Waals surface area contributed by atoms with E-state index >= 15 is 0 Å². The number of anilines is 1. The summed E-state index contributed by atoms with van der Waals surface area (Å²) in [5, 5.41) is 25.0. The van der Waals surface area contributed by atoms with Crippen LogP contribution in [0.4, 0.5) is 5.13 Å². The molecule has 0 aliphatic rings. The molecule has 1 aromatic carbocycles. The number of phenolic OH excluding ortho intramolecular Hbond substituents is 2. The van der Waals surface area contributed by atoms with Crippen LogP contribution in [0, 0.1) is 6.92 Å². The van der Waals surface area contributed by atoms with Gasteiger partial charge in [-0.1, -0.05) is 0 Å². The molecule has 1 aromatic heterocycles. The molecule has 17 heavy (non-hydrogen) atoms. The fourth-order valence-electron chi connectivity index (χ4n) is 1.19. The molecule has 0 aliphatic carbocycles. The zero-order valence-corrected chi connectivity index (χ0v) is 9.90. The van der Waals surface area contributed by atoms with Crippen molar-refractivity contribution >= 4 is 22.7 Å². The number of hydrazone groups is 1. The van der Waals surface area contributed by atoms with Crippen LogP contribution in [0.15, 0.2) is 28.7 Å². The van der Waals surface area contributed by atoms with Crippen molar-refractivity contribution in [3.05, 3.63) is 34.8 Å². The minimum Gasteiger partial charge on any atom is -0.504 e. The van der Waals surface area contributed by atoms with Crippen molar-refractivity contribution in [2.45, 2.75) is 6.92 Å². The molecule has 0 spiro atoms. The van der Waals surface area contributed by atoms with Crippen LogP contribution in [0.2, 0.25) is 0 Å². The Morgan fingerprint density at radius 1 is 1.35 bits per heavy atom. The molecule has 3 N–H and O–H groups in total. The number of aromatic nitrogens is 1. The molecular weight excluding hydrogens is 238 g/mol. The van der Waals surface area contributed by atoms with E-state index in [4.69, 9.17) is 5.11 Å². The van der Waals surface area contributed by atoms with Gasteiger partial charge in [0.1, 0.15) is 0 Å². The van der Waals surface area contributed by atoms with Crippen molar-refractivity contribution in [2.75, 3.05) is 5.43 Å². The smallest absolute Gasteiger partial charge is 0.203 e. The predicted octanol–water partition coefficient (Wildman–Crippen LogP) is 2.31. The summed E-state index contributed by atoms with van der Waals surface area (Å²) >= 11 is 1.46. The molecule has 0 amide bonds. The molecule has 0 radical (unpaired) electrons. The maximum Gasteiger partial charge on any atom is 0.203 e. The van der Waals surface area contributed by atoms with E-state index in [2.05, 4.69) is 15.5 Å². The molecule has 0 saturated carbocycles. The molecule has 5 nitrogen and oxygen atoms in total. The van der Waals surface area contributed by atoms with E-state index in [0.717, 1.165) is 5.69 Å². The molecule has 2 aromatic rings. The van der Waals surface area contributed by atoms with Crippen molar-refractivity contribution < 1.29 is 10.2 Å². The van der Waals surface area contributed by atoms with Crippen LogP contribution in [0.3, 0.4) is 0 Å². The lowest BCUT2D eigenvalue weighted by atomic mass is 10.2. The Balaban J connectivity index is 2.03. The highest BCUT2D eigenvalue weighted by molar-refractivity contribution is 7.13. The number of hydrogen-bond donors (Lipinski definition) is 3. The summed E-state index contributed by atoms with van der Waals surface area (Å²) in [6.45, 7) is 1.91. The minimum atomic E-state index is -0.168. The molecular formula is C11H11N3O2S. The Bertz CT molecular complexity index is 551. The van der Waals surface area contributed by atoms with Crippen molar-refractivity contribution in [1.82, 2.24) is 4.98 Å². The van der Waals surface area contributed by atoms with Gasteiger partial charge in [0.2, 0.25) is 5.13 Å². The first-order chi connectivity index (χ1) is 8.15. The van der Waals surface area contributed by atoms with Crippen molar-refractivity contribution in [3.63, 3.8) is 0 Å². The fourth-order valence-corrected chi connectivity index (χ4v) is 1.83. The standard InChI is InChI=1S/C11H11N3O2S/c1-7-6-17-11(13-7)14-12-5-8-2-3-9(15)10(16)4-8/h2-6,15-16H,1H3,(H,13,14)/b12-5-. The van der Waals surface area contributed by atoms with Gasteiger partial charge in [0.15, 0.2) is 11.5 Å². The molecule has 6 heteroatoms. The third kappa shape index (κ3) is 2.94. The Morgan fingerprint density at radius 2 is 2.18 bits per heavy atom. The molecule has 0 fully saturated rings. The Labute approximate surface area is 102 Å². The number of benzene rings is 1. The molecule has 1 heterocycles. The lowest BCUT2D eigenvalue weighted by Crippen LogP contribution is -1.89. The van der Waals surface area contributed by atoms with Crippen LogP contribution in [0.1, 0.15) is 11.3 Å². The SMILES string of the molecule is Cc1csc(N/N=C\c2ccc(O)c(O)c2)n1. The lowest BCUT2D eigenvalue weighted by molar-refractivity contribution is 0.403. The highest BCUT2D eigenvalue weighted by Gasteiger charge is 1.98. The summed E-state index contributed by atoms with van der Waals surface area (Å²) in [5.41, 5.74) is 4.40. The van der Waals surface area contributed by atoms with E-state index in [-0.39, 0.29) is 11.5 Å². The van der Waals surface area contributed by atoms with Crippen LogP contribution in [-0.2, 0) is 0 Å². The van der Waals surface area contributed by atoms with Gasteiger partial charge in [-0.3, -0.25) is 5.43 Å². The van der Waals surface area contributed by atoms with Crippen LogP contribution in [-0.4, -0.2) is 21.4 Å². The second-order valence-corrected chi connectivity index (χ2v) is 4.27. The summed E-state index contributed by atoms with van der Waals surface area (Å²) in [7, 11) is 0. The number of aromatic hydroxyl groups is 2. The van der Waals surface area contributed by atoms with Gasteiger partial charge in [-0.15, -0.1) is 11.3 Å². The maximum atomic E-state index is 9.28. The molecule has 0 atom stereocenters. The molecule has 0 bridgehead atoms. The minimum absolute atomic E-state index is 0.148. The highest BCUT2D eigenvalue weighted by atomic mass is 32.1. The van der Waals surface area contributed by atoms with Gasteiger partial charge in [0.05, 0.1) is 11.9 Å². The molecule has 0 saturated heterocycles. The van der Waals surface area contributed by atoms with Gasteiger partial charge in [0, 0.05) is 5.38 Å². The van der Waals surface area contributed by atoms with Crippen molar-refractivity contribution in [1.29, 1.82) is 0 Å². The Kier molecular flexibility index (Phi) is 3.24. The topological polar surface area (TPSA) is 77.7 Å². The fraction of sp³-hybridized carbons (Fsp3) is 0.0909. The molecule has 0 aliphatic heterocycles. The molecule has 88 valence electrons. The van der Waals surface area contributed by atoms with Crippen molar-refractivity contribution in [2.24, 2.45) is 5.10 Å². The first-order valence-corrected chi connectivity index (χ1v) is 5.76. The molecule has 0 unspecified atom stereocenters. The summed E-state index contributed by atoms with van der Waals surface area (Å²) in [5.74, 6) is -0.315. The van der Waals surface area contributed by atoms with Crippen LogP contribution < -0.4 is 5.43 Å². The van der Waals surface area contributed by atoms with E-state index in [1.165, 1.54) is 29.7 Å². The van der Waals surface area contributed by atoms with E-state index in [0.29, 0.717) is 10.7 Å². The summed E-state index contributed by atoms with van der Waals surface area (Å²) in [6.07, 6.45) is 1.54. The third-order valence-electron chi connectivity index (χ3n) is 1.99. The predicted molar refractivity (Wildman–Crippen MR) is 67.8 cm³/mol. The van der Waals surface area contributed by atoms with Crippen LogP contribution in [0.5, 0.6) is 11.5 Å². The van der Waals surface area contributed by atoms with Crippen LogP contribution in [0.25, 0.3) is 0 Å². The number of rotatable bonds is 3.